The van der Waals surface area contributed by atoms with Crippen molar-refractivity contribution in [2.24, 2.45) is 14.1 Å². The van der Waals surface area contributed by atoms with Gasteiger partial charge in [0.15, 0.2) is 0 Å². The van der Waals surface area contributed by atoms with E-state index < -0.39 is 23.4 Å². The summed E-state index contributed by atoms with van der Waals surface area (Å²) < 4.78 is 36.1. The maximum atomic E-state index is 14.0. The summed E-state index contributed by atoms with van der Waals surface area (Å²) in [5.41, 5.74) is 4.09. The first-order valence-electron chi connectivity index (χ1n) is 18.9. The van der Waals surface area contributed by atoms with Crippen LogP contribution in [-0.2, 0) is 20.5 Å². The first-order valence-corrected chi connectivity index (χ1v) is 19.3. The third-order valence-electron chi connectivity index (χ3n) is 11.9. The van der Waals surface area contributed by atoms with Gasteiger partial charge in [-0.2, -0.15) is 0 Å². The predicted molar refractivity (Wildman–Crippen MR) is 214 cm³/mol. The van der Waals surface area contributed by atoms with E-state index in [0.29, 0.717) is 46.5 Å². The van der Waals surface area contributed by atoms with Crippen molar-refractivity contribution in [2.75, 3.05) is 45.2 Å². The van der Waals surface area contributed by atoms with Gasteiger partial charge in [-0.1, -0.05) is 41.9 Å². The molecule has 298 valence electrons. The molecule has 8 rings (SSSR count). The summed E-state index contributed by atoms with van der Waals surface area (Å²) >= 11 is 7.24. The van der Waals surface area contributed by atoms with Gasteiger partial charge in [0, 0.05) is 68.7 Å². The predicted octanol–water partition coefficient (Wildman–Crippen LogP) is 5.85. The molecule has 57 heavy (non-hydrogen) atoms. The zero-order valence-corrected chi connectivity index (χ0v) is 32.8. The minimum absolute atomic E-state index is 0.00304. The normalized spacial score (nSPS) is 19.5. The van der Waals surface area contributed by atoms with Crippen LogP contribution < -0.4 is 26.6 Å². The maximum absolute atomic E-state index is 14.0. The molecule has 2 amide bonds. The van der Waals surface area contributed by atoms with Crippen LogP contribution in [0, 0.1) is 6.92 Å². The standard InChI is InChI=1S/C41H43ClF2N8O5/c1-22-24(7-6-10-27(22)45-36-33-31(20-29(46-36)35(43)44)49(2)40(56)50(3)38(33)54)25-8-5-9-26(34(25)42)28-19-23-11-12-30(32(23)37(47-28)57-4)52-16-14-41(21-52)13-15-51(17-18-53)39(55)48-41/h5-10,19-20,30,35,53H,11-18,21H2,1-4H3,(H,45,46)(H,48,55)/t30-,41+/m1/s1. The zero-order chi connectivity index (χ0) is 40.3. The maximum Gasteiger partial charge on any atom is 0.330 e. The van der Waals surface area contributed by atoms with Crippen LogP contribution in [0.1, 0.15) is 54.1 Å². The van der Waals surface area contributed by atoms with E-state index in [1.807, 2.05) is 31.2 Å². The number of anilines is 2. The summed E-state index contributed by atoms with van der Waals surface area (Å²) in [5, 5.41) is 16.2. The number of alkyl halides is 2. The van der Waals surface area contributed by atoms with Crippen molar-refractivity contribution in [2.45, 2.75) is 50.6 Å². The lowest BCUT2D eigenvalue weighted by molar-refractivity contribution is 0.127. The smallest absolute Gasteiger partial charge is 0.330 e. The number of likely N-dealkylation sites (tertiary alicyclic amines) is 1. The van der Waals surface area contributed by atoms with E-state index >= 15 is 0 Å². The number of nitrogens with one attached hydrogen (secondary N) is 2. The molecule has 0 saturated carbocycles. The zero-order valence-electron chi connectivity index (χ0n) is 32.0. The highest BCUT2D eigenvalue weighted by Crippen LogP contribution is 2.47. The molecule has 2 fully saturated rings. The second-order valence-electron chi connectivity index (χ2n) is 15.1. The van der Waals surface area contributed by atoms with Crippen LogP contribution in [0.15, 0.2) is 58.1 Å². The summed E-state index contributed by atoms with van der Waals surface area (Å²) in [6.45, 7) is 4.29. The average Bonchev–Trinajstić information content (AvgIpc) is 3.82. The number of pyridine rings is 2. The lowest BCUT2D eigenvalue weighted by Gasteiger charge is -2.40. The molecular formula is C41H43ClF2N8O5. The highest BCUT2D eigenvalue weighted by molar-refractivity contribution is 6.36. The monoisotopic (exact) mass is 800 g/mol. The summed E-state index contributed by atoms with van der Waals surface area (Å²) in [7, 11) is 4.37. The van der Waals surface area contributed by atoms with Gasteiger partial charge in [-0.15, -0.1) is 0 Å². The number of hydrogen-bond donors (Lipinski definition) is 3. The van der Waals surface area contributed by atoms with Gasteiger partial charge in [0.1, 0.15) is 16.9 Å². The van der Waals surface area contributed by atoms with Gasteiger partial charge in [0.2, 0.25) is 5.88 Å². The van der Waals surface area contributed by atoms with Gasteiger partial charge in [-0.3, -0.25) is 18.8 Å². The third kappa shape index (κ3) is 6.60. The molecule has 1 spiro atoms. The lowest BCUT2D eigenvalue weighted by Crippen LogP contribution is -2.61. The van der Waals surface area contributed by atoms with Crippen molar-refractivity contribution in [3.63, 3.8) is 0 Å². The Hall–Kier alpha value is -5.38. The lowest BCUT2D eigenvalue weighted by atomic mass is 9.92. The van der Waals surface area contributed by atoms with E-state index in [9.17, 15) is 28.3 Å². The van der Waals surface area contributed by atoms with Gasteiger partial charge in [0.25, 0.3) is 12.0 Å². The van der Waals surface area contributed by atoms with Crippen LogP contribution in [0.25, 0.3) is 33.3 Å². The fourth-order valence-corrected chi connectivity index (χ4v) is 9.13. The minimum atomic E-state index is -2.94. The number of ether oxygens (including phenoxy) is 1. The first kappa shape index (κ1) is 38.5. The van der Waals surface area contributed by atoms with Crippen molar-refractivity contribution in [3.05, 3.63) is 96.8 Å². The number of nitrogens with zero attached hydrogens (tertiary/aromatic N) is 6. The number of aliphatic hydroxyl groups excluding tert-OH is 1. The second kappa shape index (κ2) is 14.8. The van der Waals surface area contributed by atoms with Crippen LogP contribution in [0.3, 0.4) is 0 Å². The van der Waals surface area contributed by atoms with Crippen LogP contribution >= 0.6 is 11.6 Å². The number of rotatable bonds is 9. The molecule has 3 aromatic heterocycles. The van der Waals surface area contributed by atoms with Crippen LogP contribution in [0.4, 0.5) is 25.1 Å². The van der Waals surface area contributed by atoms with Gasteiger partial charge >= 0.3 is 11.7 Å². The van der Waals surface area contributed by atoms with Crippen molar-refractivity contribution >= 4 is 40.0 Å². The molecule has 5 heterocycles. The van der Waals surface area contributed by atoms with Gasteiger partial charge in [-0.05, 0) is 67.5 Å². The molecule has 2 aliphatic heterocycles. The molecule has 2 atom stereocenters. The van der Waals surface area contributed by atoms with E-state index in [4.69, 9.17) is 21.3 Å². The molecule has 3 N–H and O–H groups in total. The summed E-state index contributed by atoms with van der Waals surface area (Å²) in [4.78, 5) is 52.0. The highest BCUT2D eigenvalue weighted by atomic mass is 35.5. The number of urea groups is 1. The molecule has 1 aliphatic carbocycles. The van der Waals surface area contributed by atoms with Crippen LogP contribution in [0.2, 0.25) is 5.02 Å². The summed E-state index contributed by atoms with van der Waals surface area (Å²) in [6, 6.07) is 14.3. The largest absolute Gasteiger partial charge is 0.481 e. The molecule has 3 aliphatic rings. The number of aliphatic hydroxyl groups is 1. The third-order valence-corrected chi connectivity index (χ3v) is 12.3. The number of hydrogen-bond acceptors (Lipinski definition) is 9. The fourth-order valence-electron chi connectivity index (χ4n) is 8.81. The van der Waals surface area contributed by atoms with Gasteiger partial charge in [-0.25, -0.2) is 28.3 Å². The van der Waals surface area contributed by atoms with Crippen molar-refractivity contribution in [3.8, 4) is 28.3 Å². The first-order chi connectivity index (χ1) is 27.3. The molecule has 0 unspecified atom stereocenters. The topological polar surface area (TPSA) is 147 Å². The SMILES string of the molecule is COc1nc(-c2cccc(-c3cccc(Nc4nc(C(F)F)cc5c4c(=O)n(C)c(=O)n5C)c3C)c2Cl)cc2c1[C@H](N1CC[C@@]3(CCN(CCO)C(=O)N3)C1)CC2. The molecule has 16 heteroatoms. The summed E-state index contributed by atoms with van der Waals surface area (Å²) in [6.07, 6.45) is 0.431. The van der Waals surface area contributed by atoms with Crippen molar-refractivity contribution in [1.29, 1.82) is 0 Å². The van der Waals surface area contributed by atoms with E-state index in [0.717, 1.165) is 76.2 Å². The quantitative estimate of drug-likeness (QED) is 0.167. The van der Waals surface area contributed by atoms with E-state index in [-0.39, 0.29) is 40.9 Å². The molecule has 2 aromatic carbocycles. The van der Waals surface area contributed by atoms with Gasteiger partial charge in [0.05, 0.1) is 35.5 Å². The number of halogens is 3. The molecule has 0 bridgehead atoms. The Morgan fingerprint density at radius 3 is 2.51 bits per heavy atom. The number of aryl methyl sites for hydroxylation is 2. The second-order valence-corrected chi connectivity index (χ2v) is 15.5. The molecule has 5 aromatic rings. The number of carbonyl (C=O) groups is 1. The number of methoxy groups -OCH3 is 1. The number of benzene rings is 2. The fraction of sp³-hybridized carbons (Fsp3) is 0.390. The Labute approximate surface area is 331 Å². The Balaban J connectivity index is 1.11. The van der Waals surface area contributed by atoms with Gasteiger partial charge < -0.3 is 25.4 Å². The Kier molecular flexibility index (Phi) is 10.0. The van der Waals surface area contributed by atoms with Crippen LogP contribution in [0.5, 0.6) is 5.88 Å². The Bertz CT molecular complexity index is 2560. The molecule has 0 radical (unpaired) electrons. The number of carbonyl (C=O) groups excluding carboxylic acids is 1. The minimum Gasteiger partial charge on any atom is -0.481 e. The number of aromatic nitrogens is 4. The van der Waals surface area contributed by atoms with Crippen LogP contribution in [-0.4, -0.2) is 85.5 Å². The van der Waals surface area contributed by atoms with E-state index in [2.05, 4.69) is 26.6 Å². The van der Waals surface area contributed by atoms with E-state index in [1.54, 1.807) is 24.1 Å². The number of fused-ring (bicyclic) bond motifs is 2. The Morgan fingerprint density at radius 1 is 1.04 bits per heavy atom. The van der Waals surface area contributed by atoms with Crippen molar-refractivity contribution < 1.29 is 23.4 Å². The average molecular weight is 801 g/mol. The van der Waals surface area contributed by atoms with E-state index in [1.165, 1.54) is 14.1 Å². The number of β-amino-alcohol motifs (C(OH)–C–C–N with tert-alkyl or cyclic N) is 1. The number of amides is 2. The Morgan fingerprint density at radius 2 is 1.77 bits per heavy atom. The molecule has 13 nitrogen and oxygen atoms in total. The summed E-state index contributed by atoms with van der Waals surface area (Å²) in [5.74, 6) is 0.440. The van der Waals surface area contributed by atoms with Crippen molar-refractivity contribution in [1.82, 2.24) is 34.2 Å². The molecule has 2 saturated heterocycles. The highest BCUT2D eigenvalue weighted by Gasteiger charge is 2.46. The molecular weight excluding hydrogens is 758 g/mol.